The number of carbonyl (C=O) groups excluding carboxylic acids is 2. The van der Waals surface area contributed by atoms with Gasteiger partial charge in [-0.15, -0.1) is 0 Å². The molecule has 0 bridgehead atoms. The number of aryl methyl sites for hydroxylation is 1. The molecule has 0 spiro atoms. The molecule has 1 N–H and O–H groups in total. The van der Waals surface area contributed by atoms with Crippen molar-refractivity contribution in [2.24, 2.45) is 0 Å². The van der Waals surface area contributed by atoms with Gasteiger partial charge in [-0.1, -0.05) is 12.1 Å². The molecule has 0 aliphatic rings. The second kappa shape index (κ2) is 11.1. The molecule has 0 aliphatic carbocycles. The van der Waals surface area contributed by atoms with E-state index in [-0.39, 0.29) is 22.6 Å². The number of hydrogen-bond donors (Lipinski definition) is 1. The predicted octanol–water partition coefficient (Wildman–Crippen LogP) is 6.43. The van der Waals surface area contributed by atoms with E-state index in [1.54, 1.807) is 6.07 Å². The number of nitriles is 1. The molecule has 6 nitrogen and oxygen atoms in total. The third-order valence-electron chi connectivity index (χ3n) is 4.55. The summed E-state index contributed by atoms with van der Waals surface area (Å²) in [4.78, 5) is 25.0. The highest BCUT2D eigenvalue weighted by Crippen LogP contribution is 2.33. The summed E-state index contributed by atoms with van der Waals surface area (Å²) < 4.78 is 25.3. The van der Waals surface area contributed by atoms with Crippen LogP contribution >= 0.6 is 31.9 Å². The van der Waals surface area contributed by atoms with Crippen molar-refractivity contribution >= 4 is 55.5 Å². The van der Waals surface area contributed by atoms with Crippen molar-refractivity contribution < 1.29 is 23.5 Å². The third kappa shape index (κ3) is 6.10. The number of esters is 1. The first-order chi connectivity index (χ1) is 16.2. The number of ether oxygens (including phenoxy) is 2. The van der Waals surface area contributed by atoms with Gasteiger partial charge in [-0.25, -0.2) is 9.18 Å². The van der Waals surface area contributed by atoms with Gasteiger partial charge in [0.05, 0.1) is 18.4 Å². The Balaban J connectivity index is 1.83. The zero-order valence-electron chi connectivity index (χ0n) is 18.0. The average Bonchev–Trinajstić information content (AvgIpc) is 2.80. The Hall–Kier alpha value is -3.48. The quantitative estimate of drug-likeness (QED) is 0.155. The molecular formula is C25H17Br2FN2O4. The van der Waals surface area contributed by atoms with Crippen LogP contribution in [0.1, 0.15) is 21.5 Å². The van der Waals surface area contributed by atoms with Gasteiger partial charge in [0.1, 0.15) is 17.5 Å². The van der Waals surface area contributed by atoms with E-state index in [0.717, 1.165) is 11.6 Å². The Bertz CT molecular complexity index is 1330. The predicted molar refractivity (Wildman–Crippen MR) is 133 cm³/mol. The standard InChI is InChI=1S/C25H17Br2FN2O4/c1-14-8-19(26)23(20(27)9-14)30-24(31)17(13-29)10-15-6-7-21(22(11-15)33-2)34-25(32)16-4-3-5-18(28)12-16/h3-12H,1-2H3,(H,30,31)/b17-10+. The number of anilines is 1. The highest BCUT2D eigenvalue weighted by atomic mass is 79.9. The van der Waals surface area contributed by atoms with Gasteiger partial charge in [-0.3, -0.25) is 4.79 Å². The molecule has 34 heavy (non-hydrogen) atoms. The number of hydrogen-bond acceptors (Lipinski definition) is 5. The highest BCUT2D eigenvalue weighted by Gasteiger charge is 2.16. The smallest absolute Gasteiger partial charge is 0.343 e. The Morgan fingerprint density at radius 3 is 2.38 bits per heavy atom. The lowest BCUT2D eigenvalue weighted by molar-refractivity contribution is -0.112. The molecule has 0 aliphatic heterocycles. The molecule has 172 valence electrons. The monoisotopic (exact) mass is 586 g/mol. The first-order valence-electron chi connectivity index (χ1n) is 9.76. The second-order valence-electron chi connectivity index (χ2n) is 7.04. The third-order valence-corrected chi connectivity index (χ3v) is 5.80. The summed E-state index contributed by atoms with van der Waals surface area (Å²) in [5.74, 6) is -1.63. The van der Waals surface area contributed by atoms with E-state index in [1.165, 1.54) is 43.5 Å². The second-order valence-corrected chi connectivity index (χ2v) is 8.75. The number of carbonyl (C=O) groups is 2. The molecule has 0 unspecified atom stereocenters. The Labute approximate surface area is 212 Å². The van der Waals surface area contributed by atoms with Crippen LogP contribution in [0.2, 0.25) is 0 Å². The number of benzene rings is 3. The molecular weight excluding hydrogens is 571 g/mol. The molecule has 3 aromatic rings. The fraction of sp³-hybridized carbons (Fsp3) is 0.0800. The minimum atomic E-state index is -0.757. The number of methoxy groups -OCH3 is 1. The van der Waals surface area contributed by atoms with Crippen molar-refractivity contribution in [1.29, 1.82) is 5.26 Å². The minimum Gasteiger partial charge on any atom is -0.493 e. The van der Waals surface area contributed by atoms with Crippen LogP contribution in [0.4, 0.5) is 10.1 Å². The normalized spacial score (nSPS) is 10.9. The lowest BCUT2D eigenvalue weighted by Crippen LogP contribution is -2.14. The van der Waals surface area contributed by atoms with Crippen LogP contribution in [0.15, 0.2) is 69.1 Å². The van der Waals surface area contributed by atoms with E-state index in [1.807, 2.05) is 25.1 Å². The molecule has 1 amide bonds. The van der Waals surface area contributed by atoms with Crippen molar-refractivity contribution in [3.8, 4) is 17.6 Å². The average molecular weight is 588 g/mol. The lowest BCUT2D eigenvalue weighted by Gasteiger charge is -2.11. The van der Waals surface area contributed by atoms with Crippen LogP contribution in [0.5, 0.6) is 11.5 Å². The first-order valence-corrected chi connectivity index (χ1v) is 11.3. The number of rotatable bonds is 6. The van der Waals surface area contributed by atoms with Gasteiger partial charge in [0.15, 0.2) is 11.5 Å². The molecule has 0 radical (unpaired) electrons. The van der Waals surface area contributed by atoms with Crippen LogP contribution in [-0.4, -0.2) is 19.0 Å². The first kappa shape index (κ1) is 25.1. The molecule has 0 fully saturated rings. The zero-order chi connectivity index (χ0) is 24.8. The van der Waals surface area contributed by atoms with Gasteiger partial charge < -0.3 is 14.8 Å². The summed E-state index contributed by atoms with van der Waals surface area (Å²) in [5, 5.41) is 12.2. The summed E-state index contributed by atoms with van der Waals surface area (Å²) in [6.07, 6.45) is 1.38. The van der Waals surface area contributed by atoms with Crippen molar-refractivity contribution in [3.05, 3.63) is 91.6 Å². The SMILES string of the molecule is COc1cc(/C=C(\C#N)C(=O)Nc2c(Br)cc(C)cc2Br)ccc1OC(=O)c1cccc(F)c1. The van der Waals surface area contributed by atoms with Crippen molar-refractivity contribution in [2.75, 3.05) is 12.4 Å². The summed E-state index contributed by atoms with van der Waals surface area (Å²) >= 11 is 6.81. The van der Waals surface area contributed by atoms with Gasteiger partial charge in [0.25, 0.3) is 5.91 Å². The maximum absolute atomic E-state index is 13.4. The van der Waals surface area contributed by atoms with Gasteiger partial charge in [-0.2, -0.15) is 5.26 Å². The largest absolute Gasteiger partial charge is 0.493 e. The molecule has 0 saturated carbocycles. The fourth-order valence-electron chi connectivity index (χ4n) is 2.95. The van der Waals surface area contributed by atoms with Gasteiger partial charge >= 0.3 is 5.97 Å². The van der Waals surface area contributed by atoms with Crippen molar-refractivity contribution in [3.63, 3.8) is 0 Å². The van der Waals surface area contributed by atoms with E-state index in [9.17, 15) is 19.2 Å². The number of amides is 1. The Morgan fingerprint density at radius 2 is 1.76 bits per heavy atom. The van der Waals surface area contributed by atoms with E-state index >= 15 is 0 Å². The maximum Gasteiger partial charge on any atom is 0.343 e. The summed E-state index contributed by atoms with van der Waals surface area (Å²) in [7, 11) is 1.38. The molecule has 0 atom stereocenters. The molecule has 3 aromatic carbocycles. The summed E-state index contributed by atoms with van der Waals surface area (Å²) in [6, 6.07) is 15.2. The van der Waals surface area contributed by atoms with E-state index in [2.05, 4.69) is 37.2 Å². The van der Waals surface area contributed by atoms with Gasteiger partial charge in [0.2, 0.25) is 0 Å². The highest BCUT2D eigenvalue weighted by molar-refractivity contribution is 9.11. The van der Waals surface area contributed by atoms with Crippen molar-refractivity contribution in [2.45, 2.75) is 6.92 Å². The number of nitrogens with zero attached hydrogens (tertiary/aromatic N) is 1. The molecule has 3 rings (SSSR count). The maximum atomic E-state index is 13.4. The topological polar surface area (TPSA) is 88.4 Å². The van der Waals surface area contributed by atoms with E-state index in [0.29, 0.717) is 20.2 Å². The number of halogens is 3. The zero-order valence-corrected chi connectivity index (χ0v) is 21.2. The van der Waals surface area contributed by atoms with E-state index in [4.69, 9.17) is 9.47 Å². The van der Waals surface area contributed by atoms with Crippen LogP contribution in [0, 0.1) is 24.1 Å². The molecule has 0 saturated heterocycles. The van der Waals surface area contributed by atoms with Crippen LogP contribution in [-0.2, 0) is 4.79 Å². The summed E-state index contributed by atoms with van der Waals surface area (Å²) in [6.45, 7) is 1.91. The Morgan fingerprint density at radius 1 is 1.06 bits per heavy atom. The fourth-order valence-corrected chi connectivity index (χ4v) is 4.56. The number of nitrogens with one attached hydrogen (secondary N) is 1. The van der Waals surface area contributed by atoms with Crippen LogP contribution < -0.4 is 14.8 Å². The van der Waals surface area contributed by atoms with Gasteiger partial charge in [0, 0.05) is 8.95 Å². The Kier molecular flexibility index (Phi) is 8.21. The van der Waals surface area contributed by atoms with Crippen molar-refractivity contribution in [1.82, 2.24) is 0 Å². The van der Waals surface area contributed by atoms with Crippen LogP contribution in [0.25, 0.3) is 6.08 Å². The molecule has 0 aromatic heterocycles. The molecule has 0 heterocycles. The molecule has 9 heteroatoms. The lowest BCUT2D eigenvalue weighted by atomic mass is 10.1. The van der Waals surface area contributed by atoms with E-state index < -0.39 is 17.7 Å². The van der Waals surface area contributed by atoms with Gasteiger partial charge in [-0.05, 0) is 98.5 Å². The van der Waals surface area contributed by atoms with Crippen LogP contribution in [0.3, 0.4) is 0 Å². The minimum absolute atomic E-state index is 0.0443. The summed E-state index contributed by atoms with van der Waals surface area (Å²) in [5.41, 5.74) is 1.84.